The van der Waals surface area contributed by atoms with Crippen LogP contribution < -0.4 is 19.9 Å². The Kier molecular flexibility index (Phi) is 4.81. The van der Waals surface area contributed by atoms with E-state index in [2.05, 4.69) is 0 Å². The molecule has 0 bridgehead atoms. The fraction of sp³-hybridized carbons (Fsp3) is 0.562. The van der Waals surface area contributed by atoms with Crippen molar-refractivity contribution in [2.45, 2.75) is 13.8 Å². The Morgan fingerprint density at radius 1 is 1.36 bits per heavy atom. The molecule has 0 unspecified atom stereocenters. The number of hydrogen-bond donors (Lipinski definition) is 1. The van der Waals surface area contributed by atoms with E-state index in [0.717, 1.165) is 0 Å². The molecule has 0 aliphatic carbocycles. The Labute approximate surface area is 131 Å². The zero-order valence-electron chi connectivity index (χ0n) is 13.6. The van der Waals surface area contributed by atoms with Crippen LogP contribution in [-0.2, 0) is 0 Å². The average molecular weight is 308 g/mol. The lowest BCUT2D eigenvalue weighted by Gasteiger charge is -2.29. The van der Waals surface area contributed by atoms with Gasteiger partial charge in [0.25, 0.3) is 5.91 Å². The molecule has 1 aromatic rings. The maximum Gasteiger partial charge on any atom is 0.253 e. The highest BCUT2D eigenvalue weighted by Gasteiger charge is 2.25. The fourth-order valence-corrected chi connectivity index (χ4v) is 2.40. The van der Waals surface area contributed by atoms with E-state index in [1.54, 1.807) is 31.2 Å². The summed E-state index contributed by atoms with van der Waals surface area (Å²) in [7, 11) is 3.31. The predicted octanol–water partition coefficient (Wildman–Crippen LogP) is 1.52. The zero-order chi connectivity index (χ0) is 16.3. The third-order valence-electron chi connectivity index (χ3n) is 3.64. The maximum atomic E-state index is 12.6. The van der Waals surface area contributed by atoms with Crippen LogP contribution in [0.4, 0.5) is 0 Å². The molecule has 0 saturated carbocycles. The predicted molar refractivity (Wildman–Crippen MR) is 83.8 cm³/mol. The molecule has 1 aliphatic heterocycles. The van der Waals surface area contributed by atoms with Gasteiger partial charge in [-0.1, -0.05) is 13.8 Å². The molecular formula is C16H24N2O4. The lowest BCUT2D eigenvalue weighted by atomic mass is 9.93. The Bertz CT molecular complexity index is 540. The number of benzene rings is 1. The van der Waals surface area contributed by atoms with Crippen molar-refractivity contribution in [3.05, 3.63) is 17.7 Å². The zero-order valence-corrected chi connectivity index (χ0v) is 13.6. The van der Waals surface area contributed by atoms with Crippen LogP contribution in [-0.4, -0.2) is 51.3 Å². The molecule has 0 saturated heterocycles. The molecule has 2 rings (SSSR count). The monoisotopic (exact) mass is 308 g/mol. The van der Waals surface area contributed by atoms with Crippen LogP contribution >= 0.6 is 0 Å². The Morgan fingerprint density at radius 2 is 2.05 bits per heavy atom. The van der Waals surface area contributed by atoms with Gasteiger partial charge in [-0.15, -0.1) is 0 Å². The number of fused-ring (bicyclic) bond motifs is 1. The molecule has 22 heavy (non-hydrogen) atoms. The summed E-state index contributed by atoms with van der Waals surface area (Å²) in [5.74, 6) is 1.50. The molecule has 0 spiro atoms. The lowest BCUT2D eigenvalue weighted by molar-refractivity contribution is 0.0739. The number of carbonyl (C=O) groups excluding carboxylic acids is 1. The van der Waals surface area contributed by atoms with E-state index in [1.807, 2.05) is 13.8 Å². The highest BCUT2D eigenvalue weighted by molar-refractivity contribution is 5.95. The SMILES string of the molecule is COc1cc(C(=O)N(C)CC(C)(C)CN)cc2c1OCCO2. The van der Waals surface area contributed by atoms with E-state index < -0.39 is 0 Å². The van der Waals surface area contributed by atoms with Crippen molar-refractivity contribution in [2.24, 2.45) is 11.1 Å². The summed E-state index contributed by atoms with van der Waals surface area (Å²) in [5, 5.41) is 0. The highest BCUT2D eigenvalue weighted by atomic mass is 16.6. The molecular weight excluding hydrogens is 284 g/mol. The summed E-state index contributed by atoms with van der Waals surface area (Å²) >= 11 is 0. The van der Waals surface area contributed by atoms with Crippen molar-refractivity contribution in [1.29, 1.82) is 0 Å². The van der Waals surface area contributed by atoms with Crippen molar-refractivity contribution in [1.82, 2.24) is 4.90 Å². The molecule has 1 aliphatic rings. The number of ether oxygens (including phenoxy) is 3. The Hall–Kier alpha value is -1.95. The number of hydrogen-bond acceptors (Lipinski definition) is 5. The number of amides is 1. The van der Waals surface area contributed by atoms with Gasteiger partial charge in [-0.25, -0.2) is 0 Å². The molecule has 1 amide bonds. The summed E-state index contributed by atoms with van der Waals surface area (Å²) < 4.78 is 16.4. The quantitative estimate of drug-likeness (QED) is 0.893. The van der Waals surface area contributed by atoms with Gasteiger partial charge < -0.3 is 24.8 Å². The number of carbonyl (C=O) groups is 1. The first-order valence-electron chi connectivity index (χ1n) is 7.31. The van der Waals surface area contributed by atoms with E-state index in [-0.39, 0.29) is 11.3 Å². The van der Waals surface area contributed by atoms with Gasteiger partial charge in [0, 0.05) is 19.2 Å². The molecule has 6 nitrogen and oxygen atoms in total. The molecule has 2 N–H and O–H groups in total. The van der Waals surface area contributed by atoms with Gasteiger partial charge >= 0.3 is 0 Å². The first kappa shape index (κ1) is 16.4. The van der Waals surface area contributed by atoms with E-state index in [4.69, 9.17) is 19.9 Å². The van der Waals surface area contributed by atoms with Crippen LogP contribution in [0.15, 0.2) is 12.1 Å². The molecule has 0 atom stereocenters. The third kappa shape index (κ3) is 3.44. The minimum atomic E-state index is -0.137. The second-order valence-corrected chi connectivity index (χ2v) is 6.23. The molecule has 6 heteroatoms. The molecule has 122 valence electrons. The van der Waals surface area contributed by atoms with Gasteiger partial charge in [-0.2, -0.15) is 0 Å². The summed E-state index contributed by atoms with van der Waals surface area (Å²) in [5.41, 5.74) is 6.11. The summed E-state index contributed by atoms with van der Waals surface area (Å²) in [6, 6.07) is 3.38. The van der Waals surface area contributed by atoms with Gasteiger partial charge in [-0.3, -0.25) is 4.79 Å². The normalized spacial score (nSPS) is 13.7. The van der Waals surface area contributed by atoms with Crippen molar-refractivity contribution in [3.8, 4) is 17.2 Å². The molecule has 0 fully saturated rings. The summed E-state index contributed by atoms with van der Waals surface area (Å²) in [4.78, 5) is 14.3. The highest BCUT2D eigenvalue weighted by Crippen LogP contribution is 2.40. The third-order valence-corrected chi connectivity index (χ3v) is 3.64. The lowest BCUT2D eigenvalue weighted by Crippen LogP contribution is -2.39. The molecule has 1 aromatic carbocycles. The number of methoxy groups -OCH3 is 1. The van der Waals surface area contributed by atoms with E-state index in [1.165, 1.54) is 0 Å². The maximum absolute atomic E-state index is 12.6. The van der Waals surface area contributed by atoms with Crippen molar-refractivity contribution in [3.63, 3.8) is 0 Å². The fourth-order valence-electron chi connectivity index (χ4n) is 2.40. The minimum absolute atomic E-state index is 0.100. The van der Waals surface area contributed by atoms with Gasteiger partial charge in [0.1, 0.15) is 13.2 Å². The van der Waals surface area contributed by atoms with Crippen LogP contribution in [0.25, 0.3) is 0 Å². The Balaban J connectivity index is 2.26. The van der Waals surface area contributed by atoms with Crippen LogP contribution in [0.5, 0.6) is 17.2 Å². The van der Waals surface area contributed by atoms with Crippen LogP contribution in [0, 0.1) is 5.41 Å². The molecule has 1 heterocycles. The molecule has 0 aromatic heterocycles. The van der Waals surface area contributed by atoms with E-state index >= 15 is 0 Å². The van der Waals surface area contributed by atoms with Crippen molar-refractivity contribution in [2.75, 3.05) is 40.5 Å². The van der Waals surface area contributed by atoms with E-state index in [9.17, 15) is 4.79 Å². The van der Waals surface area contributed by atoms with Gasteiger partial charge in [-0.05, 0) is 24.1 Å². The van der Waals surface area contributed by atoms with Crippen LogP contribution in [0.1, 0.15) is 24.2 Å². The topological polar surface area (TPSA) is 74.0 Å². The summed E-state index contributed by atoms with van der Waals surface area (Å²) in [6.45, 7) is 6.07. The standard InChI is InChI=1S/C16H24N2O4/c1-16(2,9-17)10-18(3)15(19)11-7-12(20-4)14-13(8-11)21-5-6-22-14/h7-8H,5-6,9-10,17H2,1-4H3. The second kappa shape index (κ2) is 6.44. The van der Waals surface area contributed by atoms with Gasteiger partial charge in [0.15, 0.2) is 11.5 Å². The molecule has 0 radical (unpaired) electrons. The summed E-state index contributed by atoms with van der Waals surface area (Å²) in [6.07, 6.45) is 0. The first-order valence-corrected chi connectivity index (χ1v) is 7.31. The van der Waals surface area contributed by atoms with E-state index in [0.29, 0.717) is 49.1 Å². The number of nitrogens with two attached hydrogens (primary N) is 1. The Morgan fingerprint density at radius 3 is 2.68 bits per heavy atom. The average Bonchev–Trinajstić information content (AvgIpc) is 2.52. The van der Waals surface area contributed by atoms with Crippen LogP contribution in [0.2, 0.25) is 0 Å². The number of nitrogens with zero attached hydrogens (tertiary/aromatic N) is 1. The van der Waals surface area contributed by atoms with Gasteiger partial charge in [0.2, 0.25) is 5.75 Å². The largest absolute Gasteiger partial charge is 0.493 e. The second-order valence-electron chi connectivity index (χ2n) is 6.23. The van der Waals surface area contributed by atoms with Crippen LogP contribution in [0.3, 0.4) is 0 Å². The van der Waals surface area contributed by atoms with Crippen molar-refractivity contribution >= 4 is 5.91 Å². The van der Waals surface area contributed by atoms with Gasteiger partial charge in [0.05, 0.1) is 7.11 Å². The number of rotatable bonds is 5. The first-order chi connectivity index (χ1) is 10.4. The minimum Gasteiger partial charge on any atom is -0.493 e. The van der Waals surface area contributed by atoms with Crippen molar-refractivity contribution < 1.29 is 19.0 Å². The smallest absolute Gasteiger partial charge is 0.253 e.